The molecule has 0 N–H and O–H groups in total. The third-order valence-electron chi connectivity index (χ3n) is 3.14. The largest absolute Gasteiger partial charge is 0.289 e. The smallest absolute Gasteiger partial charge is 0.186 e. The Labute approximate surface area is 124 Å². The van der Waals surface area contributed by atoms with Crippen LogP contribution in [0.4, 0.5) is 0 Å². The molecule has 0 unspecified atom stereocenters. The van der Waals surface area contributed by atoms with Crippen LogP contribution in [0.2, 0.25) is 5.02 Å². The van der Waals surface area contributed by atoms with Crippen LogP contribution in [-0.4, -0.2) is 5.78 Å². The number of hydrogen-bond acceptors (Lipinski definition) is 1. The molecule has 2 aromatic carbocycles. The third-order valence-corrected chi connectivity index (χ3v) is 3.40. The van der Waals surface area contributed by atoms with Gasteiger partial charge < -0.3 is 0 Å². The van der Waals surface area contributed by atoms with Crippen molar-refractivity contribution in [3.05, 3.63) is 76.8 Å². The topological polar surface area (TPSA) is 17.1 Å². The van der Waals surface area contributed by atoms with Crippen LogP contribution in [0.25, 0.3) is 5.57 Å². The van der Waals surface area contributed by atoms with E-state index in [0.29, 0.717) is 10.6 Å². The third kappa shape index (κ3) is 3.58. The highest BCUT2D eigenvalue weighted by Crippen LogP contribution is 2.23. The van der Waals surface area contributed by atoms with Crippen LogP contribution in [0, 0.1) is 5.92 Å². The molecule has 102 valence electrons. The molecule has 0 amide bonds. The first kappa shape index (κ1) is 14.5. The van der Waals surface area contributed by atoms with E-state index in [1.165, 1.54) is 0 Å². The summed E-state index contributed by atoms with van der Waals surface area (Å²) < 4.78 is 0. The van der Waals surface area contributed by atoms with E-state index < -0.39 is 0 Å². The first-order valence-electron chi connectivity index (χ1n) is 6.65. The van der Waals surface area contributed by atoms with Crippen molar-refractivity contribution in [1.29, 1.82) is 0 Å². The van der Waals surface area contributed by atoms with Gasteiger partial charge in [0.2, 0.25) is 0 Å². The summed E-state index contributed by atoms with van der Waals surface area (Å²) in [6, 6.07) is 17.0. The summed E-state index contributed by atoms with van der Waals surface area (Å²) in [5.41, 5.74) is 2.79. The Morgan fingerprint density at radius 3 is 2.10 bits per heavy atom. The van der Waals surface area contributed by atoms with Gasteiger partial charge in [-0.2, -0.15) is 0 Å². The van der Waals surface area contributed by atoms with Gasteiger partial charge in [-0.05, 0) is 47.4 Å². The SMILES string of the molecule is CC(C)/C(=C\C(=O)c1ccc(Cl)cc1)c1ccccc1. The fraction of sp³-hybridized carbons (Fsp3) is 0.167. The van der Waals surface area contributed by atoms with Crippen LogP contribution in [0.3, 0.4) is 0 Å². The minimum absolute atomic E-state index is 0.00854. The fourth-order valence-corrected chi connectivity index (χ4v) is 2.18. The van der Waals surface area contributed by atoms with Crippen molar-refractivity contribution in [2.45, 2.75) is 13.8 Å². The lowest BCUT2D eigenvalue weighted by molar-refractivity contribution is 0.104. The molecule has 20 heavy (non-hydrogen) atoms. The number of carbonyl (C=O) groups is 1. The van der Waals surface area contributed by atoms with Crippen molar-refractivity contribution < 1.29 is 4.79 Å². The molecule has 0 saturated heterocycles. The zero-order valence-corrected chi connectivity index (χ0v) is 12.4. The normalized spacial score (nSPS) is 11.7. The summed E-state index contributed by atoms with van der Waals surface area (Å²) in [6.07, 6.45) is 1.73. The highest BCUT2D eigenvalue weighted by molar-refractivity contribution is 6.30. The molecular formula is C18H17ClO. The predicted octanol–water partition coefficient (Wildman–Crippen LogP) is 5.26. The number of hydrogen-bond donors (Lipinski definition) is 0. The van der Waals surface area contributed by atoms with Crippen LogP contribution in [0.15, 0.2) is 60.7 Å². The Bertz CT molecular complexity index is 610. The summed E-state index contributed by atoms with van der Waals surface area (Å²) in [5.74, 6) is 0.294. The van der Waals surface area contributed by atoms with Crippen molar-refractivity contribution in [1.82, 2.24) is 0 Å². The number of carbonyl (C=O) groups excluding carboxylic acids is 1. The van der Waals surface area contributed by atoms with Gasteiger partial charge in [-0.1, -0.05) is 55.8 Å². The second-order valence-electron chi connectivity index (χ2n) is 4.99. The maximum absolute atomic E-state index is 12.3. The molecule has 0 radical (unpaired) electrons. The Hall–Kier alpha value is -1.86. The minimum atomic E-state index is 0.00854. The Morgan fingerprint density at radius 2 is 1.55 bits per heavy atom. The van der Waals surface area contributed by atoms with Gasteiger partial charge in [-0.25, -0.2) is 0 Å². The molecule has 0 aliphatic carbocycles. The van der Waals surface area contributed by atoms with Crippen molar-refractivity contribution in [2.24, 2.45) is 5.92 Å². The van der Waals surface area contributed by atoms with Crippen LogP contribution in [0.5, 0.6) is 0 Å². The summed E-state index contributed by atoms with van der Waals surface area (Å²) in [6.45, 7) is 4.18. The van der Waals surface area contributed by atoms with Crippen molar-refractivity contribution in [3.8, 4) is 0 Å². The molecule has 0 atom stereocenters. The molecule has 0 aliphatic heterocycles. The molecule has 0 fully saturated rings. The zero-order chi connectivity index (χ0) is 14.5. The van der Waals surface area contributed by atoms with E-state index in [1.54, 1.807) is 30.3 Å². The average molecular weight is 285 g/mol. The lowest BCUT2D eigenvalue weighted by Crippen LogP contribution is -2.00. The number of rotatable bonds is 4. The van der Waals surface area contributed by atoms with Gasteiger partial charge >= 0.3 is 0 Å². The van der Waals surface area contributed by atoms with Gasteiger partial charge in [0.1, 0.15) is 0 Å². The predicted molar refractivity (Wildman–Crippen MR) is 85.0 cm³/mol. The van der Waals surface area contributed by atoms with Gasteiger partial charge in [0.25, 0.3) is 0 Å². The highest BCUT2D eigenvalue weighted by Gasteiger charge is 2.10. The second kappa shape index (κ2) is 6.53. The standard InChI is InChI=1S/C18H17ClO/c1-13(2)17(14-6-4-3-5-7-14)12-18(20)15-8-10-16(19)11-9-15/h3-13H,1-2H3/b17-12+. The first-order valence-corrected chi connectivity index (χ1v) is 7.02. The summed E-state index contributed by atoms with van der Waals surface area (Å²) >= 11 is 5.84. The molecule has 0 spiro atoms. The van der Waals surface area contributed by atoms with E-state index in [9.17, 15) is 4.79 Å². The molecule has 1 nitrogen and oxygen atoms in total. The second-order valence-corrected chi connectivity index (χ2v) is 5.43. The quantitative estimate of drug-likeness (QED) is 0.553. The van der Waals surface area contributed by atoms with Crippen molar-refractivity contribution in [3.63, 3.8) is 0 Å². The van der Waals surface area contributed by atoms with E-state index in [4.69, 9.17) is 11.6 Å². The molecule has 0 aromatic heterocycles. The van der Waals surface area contributed by atoms with Crippen LogP contribution in [0.1, 0.15) is 29.8 Å². The lowest BCUT2D eigenvalue weighted by Gasteiger charge is -2.11. The number of benzene rings is 2. The molecular weight excluding hydrogens is 268 g/mol. The molecule has 0 bridgehead atoms. The monoisotopic (exact) mass is 284 g/mol. The molecule has 0 aliphatic rings. The van der Waals surface area contributed by atoms with E-state index >= 15 is 0 Å². The minimum Gasteiger partial charge on any atom is -0.289 e. The molecule has 0 heterocycles. The number of ketones is 1. The Kier molecular flexibility index (Phi) is 4.75. The average Bonchev–Trinajstić information content (AvgIpc) is 2.46. The number of halogens is 1. The van der Waals surface area contributed by atoms with E-state index in [1.807, 2.05) is 30.3 Å². The van der Waals surface area contributed by atoms with Gasteiger partial charge in [-0.3, -0.25) is 4.79 Å². The summed E-state index contributed by atoms with van der Waals surface area (Å²) in [7, 11) is 0. The van der Waals surface area contributed by atoms with Crippen molar-refractivity contribution in [2.75, 3.05) is 0 Å². The lowest BCUT2D eigenvalue weighted by atomic mass is 9.93. The molecule has 0 saturated carbocycles. The highest BCUT2D eigenvalue weighted by atomic mass is 35.5. The molecule has 2 aromatic rings. The maximum Gasteiger partial charge on any atom is 0.186 e. The molecule has 2 rings (SSSR count). The van der Waals surface area contributed by atoms with Gasteiger partial charge in [0, 0.05) is 10.6 Å². The Balaban J connectivity index is 2.34. The fourth-order valence-electron chi connectivity index (χ4n) is 2.05. The molecule has 2 heteroatoms. The van der Waals surface area contributed by atoms with Gasteiger partial charge in [-0.15, -0.1) is 0 Å². The van der Waals surface area contributed by atoms with E-state index in [0.717, 1.165) is 11.1 Å². The summed E-state index contributed by atoms with van der Waals surface area (Å²) in [5, 5.41) is 0.637. The van der Waals surface area contributed by atoms with E-state index in [2.05, 4.69) is 13.8 Å². The van der Waals surface area contributed by atoms with Gasteiger partial charge in [0.05, 0.1) is 0 Å². The first-order chi connectivity index (χ1) is 9.58. The Morgan fingerprint density at radius 1 is 0.950 bits per heavy atom. The number of allylic oxidation sites excluding steroid dienone is 2. The van der Waals surface area contributed by atoms with Crippen molar-refractivity contribution >= 4 is 23.0 Å². The van der Waals surface area contributed by atoms with E-state index in [-0.39, 0.29) is 11.7 Å². The van der Waals surface area contributed by atoms with Crippen LogP contribution in [-0.2, 0) is 0 Å². The van der Waals surface area contributed by atoms with Gasteiger partial charge in [0.15, 0.2) is 5.78 Å². The zero-order valence-electron chi connectivity index (χ0n) is 11.6. The maximum atomic E-state index is 12.3. The van der Waals surface area contributed by atoms with Crippen LogP contribution < -0.4 is 0 Å². The summed E-state index contributed by atoms with van der Waals surface area (Å²) in [4.78, 5) is 12.3. The van der Waals surface area contributed by atoms with Crippen LogP contribution >= 0.6 is 11.6 Å².